The number of ether oxygens (including phenoxy) is 1. The fourth-order valence-electron chi connectivity index (χ4n) is 3.48. The number of amides is 1. The molecule has 0 radical (unpaired) electrons. The van der Waals surface area contributed by atoms with Gasteiger partial charge in [0.2, 0.25) is 0 Å². The van der Waals surface area contributed by atoms with Gasteiger partial charge in [-0.05, 0) is 29.2 Å². The Morgan fingerprint density at radius 3 is 2.29 bits per heavy atom. The van der Waals surface area contributed by atoms with E-state index >= 15 is 0 Å². The quantitative estimate of drug-likeness (QED) is 0.725. The normalized spacial score (nSPS) is 12.6. The largest absolute Gasteiger partial charge is 0.449 e. The van der Waals surface area contributed by atoms with E-state index in [-0.39, 0.29) is 5.92 Å². The molecule has 1 aromatic heterocycles. The maximum absolute atomic E-state index is 12.1. The molecule has 0 atom stereocenters. The fraction of sp³-hybridized carbons (Fsp3) is 0.174. The van der Waals surface area contributed by atoms with E-state index in [0.29, 0.717) is 13.2 Å². The van der Waals surface area contributed by atoms with Crippen LogP contribution in [0.3, 0.4) is 0 Å². The fourth-order valence-corrected chi connectivity index (χ4v) is 3.48. The van der Waals surface area contributed by atoms with E-state index in [4.69, 9.17) is 4.74 Å². The van der Waals surface area contributed by atoms with Crippen LogP contribution < -0.4 is 5.32 Å². The van der Waals surface area contributed by atoms with Crippen LogP contribution in [0, 0.1) is 6.92 Å². The molecule has 0 spiro atoms. The highest BCUT2D eigenvalue weighted by atomic mass is 16.5. The number of nitrogens with one attached hydrogen (secondary N) is 1. The molecule has 4 rings (SSSR count). The van der Waals surface area contributed by atoms with Crippen LogP contribution in [-0.4, -0.2) is 29.2 Å². The number of rotatable bonds is 5. The Balaban J connectivity index is 1.33. The minimum absolute atomic E-state index is 0.0680. The Bertz CT molecular complexity index is 967. The number of aromatic nitrogens is 2. The molecule has 2 aromatic carbocycles. The minimum atomic E-state index is -0.424. The van der Waals surface area contributed by atoms with Gasteiger partial charge in [-0.1, -0.05) is 60.7 Å². The van der Waals surface area contributed by atoms with Gasteiger partial charge in [0.25, 0.3) is 0 Å². The number of benzene rings is 2. The maximum atomic E-state index is 12.1. The topological polar surface area (TPSA) is 64.1 Å². The standard InChI is InChI=1S/C23H21N3O2/c1-16-25-13-17(14-26-16)7-6-12-24-23(27)28-15-22-20-10-4-2-8-18(20)19-9-3-5-11-21(19)22/h2-11,13-14,22H,12,15H2,1H3,(H,24,27). The number of aryl methyl sites for hydroxylation is 1. The van der Waals surface area contributed by atoms with Crippen LogP contribution in [-0.2, 0) is 4.74 Å². The summed E-state index contributed by atoms with van der Waals surface area (Å²) in [4.78, 5) is 20.3. The van der Waals surface area contributed by atoms with Crippen LogP contribution >= 0.6 is 0 Å². The first-order chi connectivity index (χ1) is 13.7. The number of fused-ring (bicyclic) bond motifs is 3. The number of carbonyl (C=O) groups excluding carboxylic acids is 1. The van der Waals surface area contributed by atoms with Gasteiger partial charge in [0.15, 0.2) is 0 Å². The Morgan fingerprint density at radius 2 is 1.64 bits per heavy atom. The molecule has 0 bridgehead atoms. The van der Waals surface area contributed by atoms with Crippen molar-refractivity contribution in [3.05, 3.63) is 89.5 Å². The third kappa shape index (κ3) is 3.78. The third-order valence-electron chi connectivity index (χ3n) is 4.82. The summed E-state index contributed by atoms with van der Waals surface area (Å²) in [5.41, 5.74) is 5.73. The second kappa shape index (κ2) is 8.05. The van der Waals surface area contributed by atoms with Gasteiger partial charge in [-0.15, -0.1) is 0 Å². The zero-order chi connectivity index (χ0) is 19.3. The lowest BCUT2D eigenvalue weighted by Crippen LogP contribution is -2.26. The van der Waals surface area contributed by atoms with Crippen molar-refractivity contribution < 1.29 is 9.53 Å². The molecular weight excluding hydrogens is 350 g/mol. The summed E-state index contributed by atoms with van der Waals surface area (Å²) in [7, 11) is 0. The Kier molecular flexibility index (Phi) is 5.15. The second-order valence-corrected chi connectivity index (χ2v) is 6.67. The number of hydrogen-bond acceptors (Lipinski definition) is 4. The number of alkyl carbamates (subject to hydrolysis) is 1. The molecule has 0 saturated heterocycles. The predicted molar refractivity (Wildman–Crippen MR) is 109 cm³/mol. The molecule has 0 aliphatic heterocycles. The van der Waals surface area contributed by atoms with Crippen molar-refractivity contribution in [2.75, 3.05) is 13.2 Å². The molecule has 3 aromatic rings. The number of nitrogens with zero attached hydrogens (tertiary/aromatic N) is 2. The van der Waals surface area contributed by atoms with Gasteiger partial charge in [-0.25, -0.2) is 14.8 Å². The van der Waals surface area contributed by atoms with Crippen molar-refractivity contribution >= 4 is 12.2 Å². The minimum Gasteiger partial charge on any atom is -0.449 e. The molecule has 1 N–H and O–H groups in total. The van der Waals surface area contributed by atoms with Gasteiger partial charge < -0.3 is 10.1 Å². The van der Waals surface area contributed by atoms with Crippen molar-refractivity contribution in [2.45, 2.75) is 12.8 Å². The van der Waals surface area contributed by atoms with Gasteiger partial charge in [-0.3, -0.25) is 0 Å². The van der Waals surface area contributed by atoms with Crippen molar-refractivity contribution in [3.8, 4) is 11.1 Å². The molecule has 5 heteroatoms. The van der Waals surface area contributed by atoms with Crippen molar-refractivity contribution in [1.82, 2.24) is 15.3 Å². The lowest BCUT2D eigenvalue weighted by Gasteiger charge is -2.14. The molecular formula is C23H21N3O2. The van der Waals surface area contributed by atoms with E-state index in [1.165, 1.54) is 22.3 Å². The highest BCUT2D eigenvalue weighted by Gasteiger charge is 2.28. The Morgan fingerprint density at radius 1 is 1.04 bits per heavy atom. The van der Waals surface area contributed by atoms with Crippen molar-refractivity contribution in [3.63, 3.8) is 0 Å². The average Bonchev–Trinajstić information content (AvgIpc) is 3.05. The summed E-state index contributed by atoms with van der Waals surface area (Å²) in [5.74, 6) is 0.798. The van der Waals surface area contributed by atoms with Crippen LogP contribution in [0.1, 0.15) is 28.4 Å². The SMILES string of the molecule is Cc1ncc(C=CCNC(=O)OCC2c3ccccc3-c3ccccc32)cn1. The predicted octanol–water partition coefficient (Wildman–Crippen LogP) is 4.34. The first-order valence-electron chi connectivity index (χ1n) is 9.26. The zero-order valence-corrected chi connectivity index (χ0v) is 15.6. The number of carbonyl (C=O) groups is 1. The van der Waals surface area contributed by atoms with Gasteiger partial charge >= 0.3 is 6.09 Å². The van der Waals surface area contributed by atoms with Crippen LogP contribution in [0.4, 0.5) is 4.79 Å². The van der Waals surface area contributed by atoms with E-state index in [9.17, 15) is 4.79 Å². The van der Waals surface area contributed by atoms with Crippen LogP contribution in [0.2, 0.25) is 0 Å². The molecule has 0 fully saturated rings. The molecule has 1 amide bonds. The highest BCUT2D eigenvalue weighted by Crippen LogP contribution is 2.44. The van der Waals surface area contributed by atoms with Gasteiger partial charge in [0.05, 0.1) is 0 Å². The summed E-state index contributed by atoms with van der Waals surface area (Å²) in [6.45, 7) is 2.53. The molecule has 140 valence electrons. The molecule has 1 heterocycles. The molecule has 28 heavy (non-hydrogen) atoms. The number of hydrogen-bond donors (Lipinski definition) is 1. The highest BCUT2D eigenvalue weighted by molar-refractivity contribution is 5.79. The van der Waals surface area contributed by atoms with Crippen molar-refractivity contribution in [1.29, 1.82) is 0 Å². The lowest BCUT2D eigenvalue weighted by atomic mass is 9.98. The molecule has 0 unspecified atom stereocenters. The maximum Gasteiger partial charge on any atom is 0.407 e. The third-order valence-corrected chi connectivity index (χ3v) is 4.82. The summed E-state index contributed by atoms with van der Waals surface area (Å²) in [6, 6.07) is 16.6. The molecule has 1 aliphatic rings. The Hall–Kier alpha value is -3.47. The van der Waals surface area contributed by atoms with Crippen molar-refractivity contribution in [2.24, 2.45) is 0 Å². The van der Waals surface area contributed by atoms with E-state index in [2.05, 4.69) is 39.6 Å². The van der Waals surface area contributed by atoms with Gasteiger partial charge in [-0.2, -0.15) is 0 Å². The monoisotopic (exact) mass is 371 g/mol. The second-order valence-electron chi connectivity index (χ2n) is 6.67. The van der Waals surface area contributed by atoms with Crippen LogP contribution in [0.5, 0.6) is 0 Å². The first kappa shape index (κ1) is 17.9. The van der Waals surface area contributed by atoms with Crippen LogP contribution in [0.25, 0.3) is 17.2 Å². The van der Waals surface area contributed by atoms with Crippen LogP contribution in [0.15, 0.2) is 67.0 Å². The smallest absolute Gasteiger partial charge is 0.407 e. The summed E-state index contributed by atoms with van der Waals surface area (Å²) < 4.78 is 5.50. The summed E-state index contributed by atoms with van der Waals surface area (Å²) >= 11 is 0. The summed E-state index contributed by atoms with van der Waals surface area (Å²) in [6.07, 6.45) is 6.77. The zero-order valence-electron chi connectivity index (χ0n) is 15.6. The van der Waals surface area contributed by atoms with E-state index in [1.54, 1.807) is 12.4 Å². The Labute approximate surface area is 164 Å². The summed E-state index contributed by atoms with van der Waals surface area (Å²) in [5, 5.41) is 2.75. The van der Waals surface area contributed by atoms with Gasteiger partial charge in [0.1, 0.15) is 12.4 Å². The molecule has 0 saturated carbocycles. The van der Waals surface area contributed by atoms with E-state index in [0.717, 1.165) is 11.4 Å². The average molecular weight is 371 g/mol. The molecule has 5 nitrogen and oxygen atoms in total. The van der Waals surface area contributed by atoms with Gasteiger partial charge in [0, 0.05) is 30.4 Å². The first-order valence-corrected chi connectivity index (χ1v) is 9.26. The van der Waals surface area contributed by atoms with E-state index < -0.39 is 6.09 Å². The van der Waals surface area contributed by atoms with E-state index in [1.807, 2.05) is 43.3 Å². The molecule has 1 aliphatic carbocycles. The lowest BCUT2D eigenvalue weighted by molar-refractivity contribution is 0.144.